The molecule has 0 amide bonds. The van der Waals surface area contributed by atoms with Crippen LogP contribution in [-0.2, 0) is 9.98 Å². The van der Waals surface area contributed by atoms with Crippen LogP contribution >= 0.6 is 7.14 Å². The normalized spacial score (nSPS) is 22.2. The van der Waals surface area contributed by atoms with E-state index in [0.29, 0.717) is 5.82 Å². The molecule has 2 aliphatic heterocycles. The number of allylic oxidation sites excluding steroid dienone is 2. The fourth-order valence-corrected chi connectivity index (χ4v) is 8.89. The zero-order valence-electron chi connectivity index (χ0n) is 20.3. The zero-order valence-corrected chi connectivity index (χ0v) is 21.2. The lowest BCUT2D eigenvalue weighted by atomic mass is 9.84. The lowest BCUT2D eigenvalue weighted by Crippen LogP contribution is -2.30. The largest absolute Gasteiger partial charge is 0.346 e. The van der Waals surface area contributed by atoms with Crippen molar-refractivity contribution >= 4 is 35.5 Å². The molecule has 0 saturated heterocycles. The number of hydrogen-bond donors (Lipinski definition) is 0. The van der Waals surface area contributed by atoms with Crippen LogP contribution in [-0.4, -0.2) is 23.0 Å². The molecule has 0 aliphatic carbocycles. The SMILES string of the molecule is Cc1nn(-c2ccccc2)c2c1[P@@](=O)(c1ccccc1)/C(=C1/N(C)c3ccccc3C1(C)C)C=N2. The van der Waals surface area contributed by atoms with Crippen molar-refractivity contribution in [2.75, 3.05) is 11.9 Å². The highest BCUT2D eigenvalue weighted by atomic mass is 31.2. The van der Waals surface area contributed by atoms with E-state index in [4.69, 9.17) is 10.1 Å². The van der Waals surface area contributed by atoms with Crippen LogP contribution in [0.4, 0.5) is 11.5 Å². The predicted octanol–water partition coefficient (Wildman–Crippen LogP) is 5.85. The number of rotatable bonds is 2. The van der Waals surface area contributed by atoms with Gasteiger partial charge in [0, 0.05) is 35.4 Å². The fourth-order valence-electron chi connectivity index (χ4n) is 5.63. The van der Waals surface area contributed by atoms with Gasteiger partial charge < -0.3 is 9.46 Å². The van der Waals surface area contributed by atoms with Crippen molar-refractivity contribution in [3.63, 3.8) is 0 Å². The molecule has 0 bridgehead atoms. The van der Waals surface area contributed by atoms with Gasteiger partial charge >= 0.3 is 0 Å². The summed E-state index contributed by atoms with van der Waals surface area (Å²) in [6.07, 6.45) is 1.83. The summed E-state index contributed by atoms with van der Waals surface area (Å²) >= 11 is 0. The summed E-state index contributed by atoms with van der Waals surface area (Å²) in [5, 5.41) is 7.12. The van der Waals surface area contributed by atoms with Crippen LogP contribution in [0.15, 0.2) is 101 Å². The van der Waals surface area contributed by atoms with Gasteiger partial charge in [0.2, 0.25) is 0 Å². The number of fused-ring (bicyclic) bond motifs is 2. The summed E-state index contributed by atoms with van der Waals surface area (Å²) in [7, 11) is -1.23. The Kier molecular flexibility index (Phi) is 4.77. The Bertz CT molecular complexity index is 1560. The summed E-state index contributed by atoms with van der Waals surface area (Å²) in [5.74, 6) is 0.640. The molecule has 0 radical (unpaired) electrons. The summed E-state index contributed by atoms with van der Waals surface area (Å²) in [4.78, 5) is 7.11. The van der Waals surface area contributed by atoms with Crippen molar-refractivity contribution in [2.45, 2.75) is 26.2 Å². The van der Waals surface area contributed by atoms with Crippen LogP contribution in [0.25, 0.3) is 5.69 Å². The van der Waals surface area contributed by atoms with Gasteiger partial charge in [-0.1, -0.05) is 80.6 Å². The first-order valence-electron chi connectivity index (χ1n) is 11.8. The van der Waals surface area contributed by atoms with Crippen molar-refractivity contribution in [3.05, 3.63) is 107 Å². The van der Waals surface area contributed by atoms with Crippen molar-refractivity contribution < 1.29 is 4.57 Å². The van der Waals surface area contributed by atoms with Crippen LogP contribution in [0.3, 0.4) is 0 Å². The molecule has 35 heavy (non-hydrogen) atoms. The number of aromatic nitrogens is 2. The standard InChI is InChI=1S/C29H27N4OP/c1-20-26-28(33(31-20)21-13-7-5-8-14-21)30-19-25(35(26,34)22-15-9-6-10-16-22)27-29(2,3)23-17-11-12-18-24(23)32(27)4/h5-19H,1-4H3/b27-25+/t35-/m1/s1. The summed E-state index contributed by atoms with van der Waals surface area (Å²) in [6.45, 7) is 6.35. The van der Waals surface area contributed by atoms with Crippen LogP contribution in [0.5, 0.6) is 0 Å². The van der Waals surface area contributed by atoms with Crippen molar-refractivity contribution in [1.29, 1.82) is 0 Å². The Hall–Kier alpha value is -3.69. The number of aryl methyl sites for hydroxylation is 1. The van der Waals surface area contributed by atoms with Crippen LogP contribution in [0.1, 0.15) is 25.1 Å². The van der Waals surface area contributed by atoms with E-state index in [9.17, 15) is 0 Å². The number of hydrogen-bond acceptors (Lipinski definition) is 4. The van der Waals surface area contributed by atoms with Gasteiger partial charge in [-0.05, 0) is 30.7 Å². The Morgan fingerprint density at radius 2 is 1.49 bits per heavy atom. The van der Waals surface area contributed by atoms with Crippen molar-refractivity contribution in [1.82, 2.24) is 9.78 Å². The van der Waals surface area contributed by atoms with Crippen LogP contribution in [0, 0.1) is 6.92 Å². The lowest BCUT2D eigenvalue weighted by molar-refractivity contribution is 0.588. The number of aliphatic imine (C=N–C) groups is 1. The van der Waals surface area contributed by atoms with E-state index in [-0.39, 0.29) is 5.41 Å². The number of para-hydroxylation sites is 2. The van der Waals surface area contributed by atoms with E-state index in [1.165, 1.54) is 5.56 Å². The average Bonchev–Trinajstić information content (AvgIpc) is 3.32. The highest BCUT2D eigenvalue weighted by molar-refractivity contribution is 7.83. The van der Waals surface area contributed by atoms with Crippen molar-refractivity contribution in [3.8, 4) is 5.69 Å². The van der Waals surface area contributed by atoms with Gasteiger partial charge in [0.15, 0.2) is 13.0 Å². The van der Waals surface area contributed by atoms with Gasteiger partial charge in [-0.2, -0.15) is 5.10 Å². The Morgan fingerprint density at radius 3 is 2.17 bits per heavy atom. The Labute approximate surface area is 205 Å². The third kappa shape index (κ3) is 2.98. The minimum Gasteiger partial charge on any atom is -0.346 e. The second-order valence-corrected chi connectivity index (χ2v) is 12.3. The molecule has 0 unspecified atom stereocenters. The van der Waals surface area contributed by atoms with E-state index < -0.39 is 7.14 Å². The molecule has 3 aromatic carbocycles. The van der Waals surface area contributed by atoms with E-state index in [0.717, 1.165) is 38.7 Å². The minimum atomic E-state index is -3.29. The maximum absolute atomic E-state index is 15.6. The maximum Gasteiger partial charge on any atom is 0.179 e. The van der Waals surface area contributed by atoms with Crippen molar-refractivity contribution in [2.24, 2.45) is 4.99 Å². The van der Waals surface area contributed by atoms with E-state index in [1.807, 2.05) is 78.5 Å². The number of nitrogens with zero attached hydrogens (tertiary/aromatic N) is 4. The van der Waals surface area contributed by atoms with E-state index >= 15 is 4.57 Å². The van der Waals surface area contributed by atoms with Gasteiger partial charge in [0.25, 0.3) is 0 Å². The Balaban J connectivity index is 1.69. The highest BCUT2D eigenvalue weighted by Crippen LogP contribution is 2.61. The second-order valence-electron chi connectivity index (χ2n) is 9.64. The van der Waals surface area contributed by atoms with E-state index in [2.05, 4.69) is 50.1 Å². The molecule has 174 valence electrons. The third-order valence-electron chi connectivity index (χ3n) is 7.20. The monoisotopic (exact) mass is 478 g/mol. The van der Waals surface area contributed by atoms with Gasteiger partial charge in [-0.15, -0.1) is 0 Å². The zero-order chi connectivity index (χ0) is 24.4. The number of likely N-dealkylation sites (N-methyl/N-ethyl adjacent to an activating group) is 1. The first-order chi connectivity index (χ1) is 16.8. The molecular weight excluding hydrogens is 451 g/mol. The Morgan fingerprint density at radius 1 is 0.857 bits per heavy atom. The molecule has 0 spiro atoms. The molecule has 1 aromatic heterocycles. The summed E-state index contributed by atoms with van der Waals surface area (Å²) < 4.78 is 17.4. The molecule has 0 saturated carbocycles. The molecule has 5 nitrogen and oxygen atoms in total. The number of anilines is 1. The average molecular weight is 479 g/mol. The molecule has 1 atom stereocenters. The number of benzene rings is 3. The van der Waals surface area contributed by atoms with Gasteiger partial charge in [0.1, 0.15) is 0 Å². The first kappa shape index (κ1) is 21.8. The summed E-state index contributed by atoms with van der Waals surface area (Å²) in [6, 6.07) is 28.1. The lowest BCUT2D eigenvalue weighted by Gasteiger charge is -2.32. The summed E-state index contributed by atoms with van der Waals surface area (Å²) in [5.41, 5.74) is 4.68. The molecule has 0 fully saturated rings. The second kappa shape index (κ2) is 7.66. The molecule has 6 rings (SSSR count). The van der Waals surface area contributed by atoms with Crippen LogP contribution in [0.2, 0.25) is 0 Å². The molecule has 6 heteroatoms. The fraction of sp³-hybridized carbons (Fsp3) is 0.172. The third-order valence-corrected chi connectivity index (χ3v) is 10.4. The molecule has 3 heterocycles. The quantitative estimate of drug-likeness (QED) is 0.340. The highest BCUT2D eigenvalue weighted by Gasteiger charge is 2.48. The van der Waals surface area contributed by atoms with E-state index in [1.54, 1.807) is 0 Å². The first-order valence-corrected chi connectivity index (χ1v) is 13.5. The molecule has 2 aliphatic rings. The van der Waals surface area contributed by atoms with Crippen LogP contribution < -0.4 is 15.5 Å². The minimum absolute atomic E-state index is 0.335. The van der Waals surface area contributed by atoms with Gasteiger partial charge in [-0.25, -0.2) is 9.67 Å². The maximum atomic E-state index is 15.6. The predicted molar refractivity (Wildman–Crippen MR) is 145 cm³/mol. The van der Waals surface area contributed by atoms with Gasteiger partial charge in [0.05, 0.1) is 22.0 Å². The molecule has 4 aromatic rings. The van der Waals surface area contributed by atoms with Gasteiger partial charge in [-0.3, -0.25) is 0 Å². The molecular formula is C29H27N4OP. The topological polar surface area (TPSA) is 50.5 Å². The smallest absolute Gasteiger partial charge is 0.179 e. The molecule has 0 N–H and O–H groups in total.